The Bertz CT molecular complexity index is 759. The molecule has 25 heavy (non-hydrogen) atoms. The fourth-order valence-electron chi connectivity index (χ4n) is 3.53. The lowest BCUT2D eigenvalue weighted by atomic mass is 9.88. The van der Waals surface area contributed by atoms with E-state index in [-0.39, 0.29) is 5.92 Å². The zero-order valence-corrected chi connectivity index (χ0v) is 14.7. The predicted octanol–water partition coefficient (Wildman–Crippen LogP) is 1.74. The third kappa shape index (κ3) is 3.32. The van der Waals surface area contributed by atoms with Gasteiger partial charge in [0.1, 0.15) is 5.82 Å². The van der Waals surface area contributed by atoms with Crippen molar-refractivity contribution < 1.29 is 19.4 Å². The second kappa shape index (κ2) is 7.14. The molecule has 1 aliphatic rings. The van der Waals surface area contributed by atoms with Gasteiger partial charge in [-0.1, -0.05) is 12.1 Å². The molecule has 0 amide bonds. The number of carboxylic acid groups (broad SMARTS) is 1. The number of aliphatic carboxylic acids is 1. The lowest BCUT2D eigenvalue weighted by Gasteiger charge is -2.20. The van der Waals surface area contributed by atoms with Crippen LogP contribution in [0.5, 0.6) is 11.5 Å². The molecule has 1 aromatic heterocycles. The molecule has 0 unspecified atom stereocenters. The van der Waals surface area contributed by atoms with E-state index >= 15 is 0 Å². The average Bonchev–Trinajstić information content (AvgIpc) is 3.21. The minimum atomic E-state index is -0.794. The molecule has 0 aliphatic carbocycles. The summed E-state index contributed by atoms with van der Waals surface area (Å²) in [4.78, 5) is 18.3. The number of likely N-dealkylation sites (tertiary alicyclic amines) is 1. The summed E-state index contributed by atoms with van der Waals surface area (Å²) in [5.74, 6) is 0.690. The topological polar surface area (TPSA) is 76.8 Å². The van der Waals surface area contributed by atoms with Crippen LogP contribution in [0.2, 0.25) is 0 Å². The van der Waals surface area contributed by atoms with Gasteiger partial charge in [0.2, 0.25) is 0 Å². The molecule has 2 aromatic rings. The lowest BCUT2D eigenvalue weighted by molar-refractivity contribution is -0.141. The first-order chi connectivity index (χ1) is 12.0. The summed E-state index contributed by atoms with van der Waals surface area (Å²) in [7, 11) is 5.10. The van der Waals surface area contributed by atoms with E-state index in [4.69, 9.17) is 9.47 Å². The van der Waals surface area contributed by atoms with Crippen LogP contribution in [-0.2, 0) is 18.4 Å². The molecule has 1 aromatic carbocycles. The highest BCUT2D eigenvalue weighted by atomic mass is 16.5. The van der Waals surface area contributed by atoms with E-state index in [0.717, 1.165) is 11.4 Å². The third-order valence-electron chi connectivity index (χ3n) is 4.83. The maximum Gasteiger partial charge on any atom is 0.308 e. The summed E-state index contributed by atoms with van der Waals surface area (Å²) in [6.07, 6.45) is 3.64. The Morgan fingerprint density at radius 1 is 1.32 bits per heavy atom. The Kier molecular flexibility index (Phi) is 4.94. The standard InChI is InChI=1S/C18H23N3O4/c1-20-8-7-19-16(20)11-21-9-13(14(10-21)18(22)23)12-5-4-6-15(24-2)17(12)25-3/h4-8,13-14H,9-11H2,1-3H3,(H,22,23)/t13-,14+/m1/s1. The normalized spacial score (nSPS) is 20.6. The summed E-state index contributed by atoms with van der Waals surface area (Å²) in [5.41, 5.74) is 0.872. The zero-order valence-electron chi connectivity index (χ0n) is 14.7. The molecule has 2 atom stereocenters. The third-order valence-corrected chi connectivity index (χ3v) is 4.83. The molecular weight excluding hydrogens is 322 g/mol. The number of ether oxygens (including phenoxy) is 2. The molecule has 7 nitrogen and oxygen atoms in total. The SMILES string of the molecule is COc1cccc([C@H]2CN(Cc3nccn3C)C[C@@H]2C(=O)O)c1OC. The van der Waals surface area contributed by atoms with Gasteiger partial charge in [-0.15, -0.1) is 0 Å². The van der Waals surface area contributed by atoms with Gasteiger partial charge in [0.25, 0.3) is 0 Å². The van der Waals surface area contributed by atoms with Crippen LogP contribution in [0.4, 0.5) is 0 Å². The van der Waals surface area contributed by atoms with Gasteiger partial charge in [0.15, 0.2) is 11.5 Å². The quantitative estimate of drug-likeness (QED) is 0.859. The zero-order chi connectivity index (χ0) is 18.0. The smallest absolute Gasteiger partial charge is 0.308 e. The van der Waals surface area contributed by atoms with Crippen molar-refractivity contribution >= 4 is 5.97 Å². The van der Waals surface area contributed by atoms with Gasteiger partial charge in [-0.25, -0.2) is 4.98 Å². The van der Waals surface area contributed by atoms with E-state index < -0.39 is 11.9 Å². The number of hydrogen-bond acceptors (Lipinski definition) is 5. The van der Waals surface area contributed by atoms with E-state index in [1.54, 1.807) is 20.4 Å². The first-order valence-corrected chi connectivity index (χ1v) is 8.17. The number of aromatic nitrogens is 2. The number of imidazole rings is 1. The predicted molar refractivity (Wildman–Crippen MR) is 91.9 cm³/mol. The van der Waals surface area contributed by atoms with Crippen LogP contribution >= 0.6 is 0 Å². The number of methoxy groups -OCH3 is 2. The Balaban J connectivity index is 1.89. The van der Waals surface area contributed by atoms with Crippen LogP contribution < -0.4 is 9.47 Å². The van der Waals surface area contributed by atoms with Crippen LogP contribution in [0, 0.1) is 5.92 Å². The second-order valence-electron chi connectivity index (χ2n) is 6.28. The van der Waals surface area contributed by atoms with Gasteiger partial charge in [-0.2, -0.15) is 0 Å². The summed E-state index contributed by atoms with van der Waals surface area (Å²) in [5, 5.41) is 9.71. The lowest BCUT2D eigenvalue weighted by Crippen LogP contribution is -2.24. The highest BCUT2D eigenvalue weighted by Gasteiger charge is 2.40. The molecule has 7 heteroatoms. The molecular formula is C18H23N3O4. The molecule has 0 radical (unpaired) electrons. The number of carbonyl (C=O) groups is 1. The van der Waals surface area contributed by atoms with E-state index in [1.165, 1.54) is 0 Å². The van der Waals surface area contributed by atoms with Crippen molar-refractivity contribution in [2.24, 2.45) is 13.0 Å². The van der Waals surface area contributed by atoms with E-state index in [9.17, 15) is 9.90 Å². The molecule has 0 saturated carbocycles. The van der Waals surface area contributed by atoms with Crippen molar-refractivity contribution in [2.75, 3.05) is 27.3 Å². The molecule has 1 N–H and O–H groups in total. The van der Waals surface area contributed by atoms with Gasteiger partial charge in [0.05, 0.1) is 26.7 Å². The Labute approximate surface area is 146 Å². The number of aryl methyl sites for hydroxylation is 1. The van der Waals surface area contributed by atoms with Gasteiger partial charge in [0, 0.05) is 44.0 Å². The van der Waals surface area contributed by atoms with Crippen molar-refractivity contribution in [1.82, 2.24) is 14.5 Å². The maximum atomic E-state index is 11.8. The first kappa shape index (κ1) is 17.3. The molecule has 134 valence electrons. The number of carboxylic acids is 1. The first-order valence-electron chi connectivity index (χ1n) is 8.17. The van der Waals surface area contributed by atoms with Crippen molar-refractivity contribution in [3.63, 3.8) is 0 Å². The van der Waals surface area contributed by atoms with Gasteiger partial charge in [-0.3, -0.25) is 9.69 Å². The summed E-state index contributed by atoms with van der Waals surface area (Å²) < 4.78 is 12.8. The van der Waals surface area contributed by atoms with Crippen LogP contribution in [-0.4, -0.2) is 52.8 Å². The molecule has 2 heterocycles. The van der Waals surface area contributed by atoms with Crippen LogP contribution in [0.15, 0.2) is 30.6 Å². The van der Waals surface area contributed by atoms with E-state index in [2.05, 4.69) is 9.88 Å². The second-order valence-corrected chi connectivity index (χ2v) is 6.28. The maximum absolute atomic E-state index is 11.8. The minimum absolute atomic E-state index is 0.164. The van der Waals surface area contributed by atoms with Gasteiger partial charge >= 0.3 is 5.97 Å². The highest BCUT2D eigenvalue weighted by molar-refractivity contribution is 5.73. The van der Waals surface area contributed by atoms with Gasteiger partial charge < -0.3 is 19.1 Å². The van der Waals surface area contributed by atoms with Crippen molar-refractivity contribution in [3.8, 4) is 11.5 Å². The highest BCUT2D eigenvalue weighted by Crippen LogP contribution is 2.42. The number of para-hydroxylation sites is 1. The number of rotatable bonds is 6. The number of hydrogen-bond donors (Lipinski definition) is 1. The molecule has 0 bridgehead atoms. The summed E-state index contributed by atoms with van der Waals surface area (Å²) in [6, 6.07) is 5.61. The summed E-state index contributed by atoms with van der Waals surface area (Å²) in [6.45, 7) is 1.73. The van der Waals surface area contributed by atoms with Crippen molar-refractivity contribution in [1.29, 1.82) is 0 Å². The molecule has 3 rings (SSSR count). The minimum Gasteiger partial charge on any atom is -0.493 e. The van der Waals surface area contributed by atoms with Gasteiger partial charge in [-0.05, 0) is 6.07 Å². The fraction of sp³-hybridized carbons (Fsp3) is 0.444. The van der Waals surface area contributed by atoms with Crippen molar-refractivity contribution in [3.05, 3.63) is 42.0 Å². The Morgan fingerprint density at radius 3 is 2.72 bits per heavy atom. The average molecular weight is 345 g/mol. The molecule has 1 saturated heterocycles. The Hall–Kier alpha value is -2.54. The summed E-state index contributed by atoms with van der Waals surface area (Å²) >= 11 is 0. The van der Waals surface area contributed by atoms with E-state index in [1.807, 2.05) is 36.0 Å². The molecule has 0 spiro atoms. The largest absolute Gasteiger partial charge is 0.493 e. The van der Waals surface area contributed by atoms with Crippen LogP contribution in [0.25, 0.3) is 0 Å². The number of benzene rings is 1. The van der Waals surface area contributed by atoms with E-state index in [0.29, 0.717) is 31.1 Å². The van der Waals surface area contributed by atoms with Crippen LogP contribution in [0.3, 0.4) is 0 Å². The monoisotopic (exact) mass is 345 g/mol. The van der Waals surface area contributed by atoms with Crippen molar-refractivity contribution in [2.45, 2.75) is 12.5 Å². The molecule has 1 aliphatic heterocycles. The fourth-order valence-corrected chi connectivity index (χ4v) is 3.53. The number of nitrogens with zero attached hydrogens (tertiary/aromatic N) is 3. The Morgan fingerprint density at radius 2 is 2.12 bits per heavy atom. The molecule has 1 fully saturated rings. The van der Waals surface area contributed by atoms with Crippen LogP contribution in [0.1, 0.15) is 17.3 Å².